The highest BCUT2D eigenvalue weighted by atomic mass is 32.1. The van der Waals surface area contributed by atoms with E-state index in [0.717, 1.165) is 106 Å². The number of ether oxygens (including phenoxy) is 2. The van der Waals surface area contributed by atoms with Crippen LogP contribution >= 0.6 is 22.7 Å². The zero-order valence-electron chi connectivity index (χ0n) is 31.3. The Morgan fingerprint density at radius 2 is 1.02 bits per heavy atom. The van der Waals surface area contributed by atoms with Crippen LogP contribution in [-0.4, -0.2) is 57.5 Å². The van der Waals surface area contributed by atoms with Gasteiger partial charge in [0.25, 0.3) is 23.6 Å². The third kappa shape index (κ3) is 5.19. The normalized spacial score (nSPS) is 22.5. The summed E-state index contributed by atoms with van der Waals surface area (Å²) in [4.78, 5) is 65.4. The molecule has 9 rings (SSSR count). The second-order valence-electron chi connectivity index (χ2n) is 15.3. The molecule has 2 spiro atoms. The third-order valence-electron chi connectivity index (χ3n) is 12.2. The lowest BCUT2D eigenvalue weighted by atomic mass is 9.71. The summed E-state index contributed by atoms with van der Waals surface area (Å²) in [5.41, 5.74) is 3.93. The Hall–Kier alpha value is -5.70. The first-order valence-electron chi connectivity index (χ1n) is 18.8. The second-order valence-corrected chi connectivity index (χ2v) is 17.4. The maximum Gasteiger partial charge on any atom is 0.271 e. The molecule has 6 aliphatic rings. The predicted molar refractivity (Wildman–Crippen MR) is 208 cm³/mol. The van der Waals surface area contributed by atoms with Crippen LogP contribution < -0.4 is 9.47 Å². The van der Waals surface area contributed by atoms with Gasteiger partial charge in [0.15, 0.2) is 0 Å². The van der Waals surface area contributed by atoms with Crippen LogP contribution in [0.3, 0.4) is 0 Å². The number of aromatic nitrogens is 2. The molecule has 0 unspecified atom stereocenters. The van der Waals surface area contributed by atoms with Gasteiger partial charge in [0.2, 0.25) is 11.8 Å². The highest BCUT2D eigenvalue weighted by molar-refractivity contribution is 7.16. The molecule has 2 saturated carbocycles. The number of hydrogen-bond donors (Lipinski definition) is 0. The molecular formula is C42H36N6O6S2. The lowest BCUT2D eigenvalue weighted by Crippen LogP contribution is -2.40. The van der Waals surface area contributed by atoms with E-state index in [-0.39, 0.29) is 22.3 Å². The largest absolute Gasteiger partial charge is 0.465 e. The Morgan fingerprint density at radius 3 is 1.38 bits per heavy atom. The molecule has 0 saturated heterocycles. The fourth-order valence-electron chi connectivity index (χ4n) is 9.09. The highest BCUT2D eigenvalue weighted by Gasteiger charge is 2.49. The number of likely N-dealkylation sites (N-methyl/N-ethyl adjacent to an activating group) is 2. The summed E-state index contributed by atoms with van der Waals surface area (Å²) in [6, 6.07) is 8.45. The summed E-state index contributed by atoms with van der Waals surface area (Å²) in [5, 5.41) is 20.5. The van der Waals surface area contributed by atoms with Gasteiger partial charge in [-0.3, -0.25) is 29.0 Å². The van der Waals surface area contributed by atoms with Crippen molar-refractivity contribution in [1.29, 1.82) is 10.5 Å². The molecule has 2 fully saturated rings. The van der Waals surface area contributed by atoms with E-state index >= 15 is 0 Å². The van der Waals surface area contributed by atoms with Gasteiger partial charge in [-0.1, -0.05) is 12.8 Å². The third-order valence-corrected chi connectivity index (χ3v) is 14.2. The van der Waals surface area contributed by atoms with Crippen LogP contribution in [-0.2, 0) is 30.4 Å². The maximum absolute atomic E-state index is 13.3. The monoisotopic (exact) mass is 784 g/mol. The number of rotatable bonds is 2. The maximum atomic E-state index is 13.3. The molecule has 4 amide bonds. The highest BCUT2D eigenvalue weighted by Crippen LogP contribution is 2.59. The number of benzene rings is 1. The van der Waals surface area contributed by atoms with Crippen molar-refractivity contribution in [3.8, 4) is 44.8 Å². The molecule has 6 heterocycles. The molecule has 2 aliphatic carbocycles. The first kappa shape index (κ1) is 36.0. The van der Waals surface area contributed by atoms with E-state index in [1.54, 1.807) is 26.0 Å². The molecule has 0 radical (unpaired) electrons. The average molecular weight is 785 g/mol. The van der Waals surface area contributed by atoms with Gasteiger partial charge >= 0.3 is 0 Å². The van der Waals surface area contributed by atoms with Gasteiger partial charge in [-0.05, 0) is 101 Å². The molecule has 56 heavy (non-hydrogen) atoms. The molecule has 282 valence electrons. The fourth-order valence-corrected chi connectivity index (χ4v) is 11.0. The van der Waals surface area contributed by atoms with Crippen LogP contribution in [0.2, 0.25) is 0 Å². The Bertz CT molecular complexity index is 2390. The van der Waals surface area contributed by atoms with E-state index in [1.807, 2.05) is 12.1 Å². The Labute approximate surface area is 331 Å². The summed E-state index contributed by atoms with van der Waals surface area (Å²) in [5.74, 6) is -1.20. The number of carbonyl (C=O) groups is 4. The van der Waals surface area contributed by atoms with Crippen molar-refractivity contribution in [3.63, 3.8) is 0 Å². The lowest BCUT2D eigenvalue weighted by molar-refractivity contribution is -0.140. The quantitative estimate of drug-likeness (QED) is 0.188. The summed E-state index contributed by atoms with van der Waals surface area (Å²) in [6.07, 6.45) is 12.7. The van der Waals surface area contributed by atoms with Crippen molar-refractivity contribution >= 4 is 58.5 Å². The van der Waals surface area contributed by atoms with Gasteiger partial charge in [-0.15, -0.1) is 22.7 Å². The van der Waals surface area contributed by atoms with E-state index in [0.29, 0.717) is 32.9 Å². The summed E-state index contributed by atoms with van der Waals surface area (Å²) < 4.78 is 14.0. The van der Waals surface area contributed by atoms with Crippen LogP contribution in [0.25, 0.3) is 33.0 Å². The molecule has 0 bridgehead atoms. The number of nitrogens with zero attached hydrogens (tertiary/aromatic N) is 6. The topological polar surface area (TPSA) is 167 Å². The van der Waals surface area contributed by atoms with Gasteiger partial charge in [0.05, 0.1) is 9.75 Å². The first-order chi connectivity index (χ1) is 26.9. The Morgan fingerprint density at radius 1 is 0.643 bits per heavy atom. The standard InChI is InChI=1S/C42H36N6O6S2/c1-21-23(37(49)47(3)39(51)27(21)19-43)17-31-45-35-33(55-31)25-15-30-26(16-29(25)41(53-35)11-7-5-8-12-41)34-36(54-42(30)13-9-6-10-14-42)46-32(56-34)18-24-22(2)28(20-44)40(52)48(4)38(24)50/h15-18H,5-14H2,1-4H3/b23-17+,24-18+. The lowest BCUT2D eigenvalue weighted by Gasteiger charge is -2.45. The van der Waals surface area contributed by atoms with Crippen molar-refractivity contribution in [2.75, 3.05) is 14.1 Å². The minimum atomic E-state index is -0.625. The van der Waals surface area contributed by atoms with Crippen LogP contribution in [0, 0.1) is 22.7 Å². The molecular weight excluding hydrogens is 749 g/mol. The van der Waals surface area contributed by atoms with Gasteiger partial charge < -0.3 is 9.47 Å². The first-order valence-corrected chi connectivity index (χ1v) is 20.4. The molecule has 3 aromatic rings. The average Bonchev–Trinajstić information content (AvgIpc) is 3.80. The molecule has 0 atom stereocenters. The van der Waals surface area contributed by atoms with E-state index < -0.39 is 34.8 Å². The van der Waals surface area contributed by atoms with Crippen LogP contribution in [0.5, 0.6) is 11.8 Å². The molecule has 12 nitrogen and oxygen atoms in total. The number of fused-ring (bicyclic) bond motifs is 8. The van der Waals surface area contributed by atoms with Crippen LogP contribution in [0.15, 0.2) is 45.6 Å². The van der Waals surface area contributed by atoms with Crippen molar-refractivity contribution in [2.45, 2.75) is 89.3 Å². The van der Waals surface area contributed by atoms with Crippen molar-refractivity contribution in [1.82, 2.24) is 19.8 Å². The number of amides is 4. The van der Waals surface area contributed by atoms with Gasteiger partial charge in [-0.2, -0.15) is 10.5 Å². The predicted octanol–water partition coefficient (Wildman–Crippen LogP) is 7.48. The fraction of sp³-hybridized carbons (Fsp3) is 0.381. The minimum absolute atomic E-state index is 0.0695. The summed E-state index contributed by atoms with van der Waals surface area (Å²) in [7, 11) is 2.75. The number of thiazole rings is 2. The zero-order chi connectivity index (χ0) is 39.3. The van der Waals surface area contributed by atoms with Crippen LogP contribution in [0.4, 0.5) is 0 Å². The molecule has 4 aliphatic heterocycles. The molecule has 14 heteroatoms. The zero-order valence-corrected chi connectivity index (χ0v) is 33.0. The van der Waals surface area contributed by atoms with Gasteiger partial charge in [-0.25, -0.2) is 9.97 Å². The second kappa shape index (κ2) is 12.9. The van der Waals surface area contributed by atoms with E-state index in [1.165, 1.54) is 36.8 Å². The van der Waals surface area contributed by atoms with E-state index in [9.17, 15) is 29.7 Å². The van der Waals surface area contributed by atoms with Gasteiger partial charge in [0.1, 0.15) is 44.5 Å². The van der Waals surface area contributed by atoms with Crippen LogP contribution in [0.1, 0.15) is 99.2 Å². The number of nitriles is 2. The molecule has 0 N–H and O–H groups in total. The van der Waals surface area contributed by atoms with E-state index in [2.05, 4.69) is 12.1 Å². The number of carbonyl (C=O) groups excluding carboxylic acids is 4. The summed E-state index contributed by atoms with van der Waals surface area (Å²) in [6.45, 7) is 3.23. The summed E-state index contributed by atoms with van der Waals surface area (Å²) >= 11 is 2.82. The number of hydrogen-bond acceptors (Lipinski definition) is 12. The van der Waals surface area contributed by atoms with Crippen molar-refractivity contribution in [3.05, 3.63) is 66.7 Å². The Balaban J connectivity index is 1.22. The molecule has 2 aromatic heterocycles. The smallest absolute Gasteiger partial charge is 0.271 e. The van der Waals surface area contributed by atoms with Crippen molar-refractivity contribution < 1.29 is 28.7 Å². The number of imide groups is 2. The Kier molecular flexibility index (Phi) is 8.31. The van der Waals surface area contributed by atoms with Crippen molar-refractivity contribution in [2.24, 2.45) is 0 Å². The SMILES string of the molecule is CC1=C(C#N)C(=O)N(C)C(=O)/C1=C/c1nc2c(s1)-c1cc3c(cc1C1(CCCCC1)O2)-c1sc(/C=C2/C(=O)N(C)C(=O)C(C#N)=C2C)nc1OC31CCCCC1. The van der Waals surface area contributed by atoms with Gasteiger partial charge in [0, 0.05) is 47.5 Å². The minimum Gasteiger partial charge on any atom is -0.465 e. The van der Waals surface area contributed by atoms with E-state index in [4.69, 9.17) is 19.4 Å². The molecule has 1 aromatic carbocycles.